The number of carbonyl (C=O) groups is 2. The molecular formula is C24H30Cl2N2O2. The zero-order chi connectivity index (χ0) is 21.9. The van der Waals surface area contributed by atoms with Gasteiger partial charge in [-0.25, -0.2) is 0 Å². The minimum Gasteiger partial charge on any atom is -0.354 e. The summed E-state index contributed by atoms with van der Waals surface area (Å²) in [6.07, 6.45) is 3.33. The molecule has 0 aliphatic rings. The zero-order valence-corrected chi connectivity index (χ0v) is 19.2. The molecular weight excluding hydrogens is 419 g/mol. The fourth-order valence-corrected chi connectivity index (χ4v) is 3.84. The van der Waals surface area contributed by atoms with E-state index in [4.69, 9.17) is 23.2 Å². The number of amides is 2. The van der Waals surface area contributed by atoms with Crippen LogP contribution in [0.15, 0.2) is 48.5 Å². The molecule has 0 unspecified atom stereocenters. The van der Waals surface area contributed by atoms with Gasteiger partial charge in [0.25, 0.3) is 0 Å². The molecule has 0 aromatic heterocycles. The van der Waals surface area contributed by atoms with E-state index in [0.29, 0.717) is 41.4 Å². The number of hydrogen-bond donors (Lipinski definition) is 1. The third-order valence-corrected chi connectivity index (χ3v) is 5.78. The average molecular weight is 449 g/mol. The predicted molar refractivity (Wildman–Crippen MR) is 124 cm³/mol. The van der Waals surface area contributed by atoms with Gasteiger partial charge in [-0.3, -0.25) is 9.59 Å². The lowest BCUT2D eigenvalue weighted by Gasteiger charge is -2.31. The number of nitrogens with one attached hydrogen (secondary N) is 1. The summed E-state index contributed by atoms with van der Waals surface area (Å²) < 4.78 is 0. The number of carbonyl (C=O) groups excluding carboxylic acids is 2. The Morgan fingerprint density at radius 1 is 1.00 bits per heavy atom. The van der Waals surface area contributed by atoms with Gasteiger partial charge in [0.2, 0.25) is 11.8 Å². The van der Waals surface area contributed by atoms with Crippen molar-refractivity contribution in [1.29, 1.82) is 0 Å². The van der Waals surface area contributed by atoms with Crippen LogP contribution in [-0.4, -0.2) is 29.3 Å². The van der Waals surface area contributed by atoms with Crippen molar-refractivity contribution < 1.29 is 9.59 Å². The monoisotopic (exact) mass is 448 g/mol. The Hall–Kier alpha value is -2.04. The summed E-state index contributed by atoms with van der Waals surface area (Å²) in [5.41, 5.74) is 1.75. The minimum absolute atomic E-state index is 0.0904. The third kappa shape index (κ3) is 7.03. The van der Waals surface area contributed by atoms with Crippen LogP contribution < -0.4 is 5.32 Å². The zero-order valence-electron chi connectivity index (χ0n) is 17.7. The summed E-state index contributed by atoms with van der Waals surface area (Å²) in [7, 11) is 0. The second-order valence-electron chi connectivity index (χ2n) is 7.28. The van der Waals surface area contributed by atoms with Crippen molar-refractivity contribution >= 4 is 35.0 Å². The second kappa shape index (κ2) is 12.6. The van der Waals surface area contributed by atoms with E-state index in [-0.39, 0.29) is 18.4 Å². The van der Waals surface area contributed by atoms with Crippen LogP contribution in [0, 0.1) is 0 Å². The van der Waals surface area contributed by atoms with E-state index in [1.807, 2.05) is 37.3 Å². The molecule has 2 rings (SSSR count). The molecule has 0 radical (unpaired) electrons. The topological polar surface area (TPSA) is 49.4 Å². The van der Waals surface area contributed by atoms with Gasteiger partial charge < -0.3 is 10.2 Å². The van der Waals surface area contributed by atoms with Gasteiger partial charge in [-0.1, -0.05) is 79.9 Å². The minimum atomic E-state index is -0.572. The van der Waals surface area contributed by atoms with Crippen LogP contribution in [-0.2, 0) is 22.6 Å². The van der Waals surface area contributed by atoms with E-state index in [1.54, 1.807) is 23.1 Å². The molecule has 0 aliphatic heterocycles. The Kier molecular flexibility index (Phi) is 10.2. The number of benzene rings is 2. The molecule has 2 aromatic rings. The van der Waals surface area contributed by atoms with Crippen molar-refractivity contribution in [2.45, 2.75) is 58.5 Å². The maximum atomic E-state index is 13.2. The Balaban J connectivity index is 2.23. The highest BCUT2D eigenvalue weighted by molar-refractivity contribution is 6.36. The van der Waals surface area contributed by atoms with Crippen LogP contribution in [0.1, 0.15) is 50.7 Å². The lowest BCUT2D eigenvalue weighted by Crippen LogP contribution is -2.49. The van der Waals surface area contributed by atoms with Gasteiger partial charge in [-0.2, -0.15) is 0 Å². The Labute approximate surface area is 189 Å². The van der Waals surface area contributed by atoms with Crippen LogP contribution in [0.5, 0.6) is 0 Å². The largest absolute Gasteiger partial charge is 0.354 e. The predicted octanol–water partition coefficient (Wildman–Crippen LogP) is 5.65. The maximum Gasteiger partial charge on any atom is 0.242 e. The van der Waals surface area contributed by atoms with E-state index in [9.17, 15) is 9.59 Å². The summed E-state index contributed by atoms with van der Waals surface area (Å²) in [6.45, 7) is 4.79. The highest BCUT2D eigenvalue weighted by Crippen LogP contribution is 2.27. The smallest absolute Gasteiger partial charge is 0.242 e. The van der Waals surface area contributed by atoms with Gasteiger partial charge in [0.05, 0.1) is 0 Å². The molecule has 4 nitrogen and oxygen atoms in total. The van der Waals surface area contributed by atoms with Crippen molar-refractivity contribution in [3.8, 4) is 0 Å². The van der Waals surface area contributed by atoms with Gasteiger partial charge in [-0.05, 0) is 37.0 Å². The molecule has 0 saturated heterocycles. The van der Waals surface area contributed by atoms with Crippen LogP contribution in [0.25, 0.3) is 0 Å². The lowest BCUT2D eigenvalue weighted by molar-refractivity contribution is -0.141. The summed E-state index contributed by atoms with van der Waals surface area (Å²) in [5.74, 6) is -0.227. The van der Waals surface area contributed by atoms with Gasteiger partial charge in [0, 0.05) is 35.1 Å². The summed E-state index contributed by atoms with van der Waals surface area (Å²) in [4.78, 5) is 27.7. The summed E-state index contributed by atoms with van der Waals surface area (Å²) >= 11 is 12.7. The molecule has 2 aromatic carbocycles. The van der Waals surface area contributed by atoms with Crippen LogP contribution >= 0.6 is 23.2 Å². The van der Waals surface area contributed by atoms with Crippen molar-refractivity contribution in [1.82, 2.24) is 10.2 Å². The van der Waals surface area contributed by atoms with E-state index in [2.05, 4.69) is 12.2 Å². The van der Waals surface area contributed by atoms with E-state index >= 15 is 0 Å². The molecule has 1 atom stereocenters. The number of rotatable bonds is 11. The highest BCUT2D eigenvalue weighted by Gasteiger charge is 2.29. The van der Waals surface area contributed by atoms with Crippen molar-refractivity contribution in [2.75, 3.05) is 6.54 Å². The van der Waals surface area contributed by atoms with Gasteiger partial charge in [-0.15, -0.1) is 0 Å². The fraction of sp³-hybridized carbons (Fsp3) is 0.417. The molecule has 30 heavy (non-hydrogen) atoms. The highest BCUT2D eigenvalue weighted by atomic mass is 35.5. The van der Waals surface area contributed by atoms with Gasteiger partial charge >= 0.3 is 0 Å². The number of aryl methyl sites for hydroxylation is 1. The maximum absolute atomic E-state index is 13.2. The molecule has 1 N–H and O–H groups in total. The molecule has 0 aliphatic carbocycles. The number of unbranched alkanes of at least 4 members (excludes halogenated alkanes) is 1. The second-order valence-corrected chi connectivity index (χ2v) is 8.09. The normalized spacial score (nSPS) is 11.7. The Morgan fingerprint density at radius 2 is 1.67 bits per heavy atom. The van der Waals surface area contributed by atoms with Crippen LogP contribution in [0.4, 0.5) is 0 Å². The molecule has 0 spiro atoms. The number of halogens is 2. The first-order valence-corrected chi connectivity index (χ1v) is 11.3. The molecule has 0 bridgehead atoms. The quantitative estimate of drug-likeness (QED) is 0.451. The fourth-order valence-electron chi connectivity index (χ4n) is 3.32. The van der Waals surface area contributed by atoms with Crippen LogP contribution in [0.2, 0.25) is 10.0 Å². The molecule has 0 heterocycles. The Bertz CT molecular complexity index is 807. The molecule has 0 saturated carbocycles. The molecule has 6 heteroatoms. The first-order chi connectivity index (χ1) is 14.5. The number of hydrogen-bond acceptors (Lipinski definition) is 2. The first kappa shape index (κ1) is 24.2. The van der Waals surface area contributed by atoms with E-state index in [1.165, 1.54) is 0 Å². The first-order valence-electron chi connectivity index (χ1n) is 10.5. The summed E-state index contributed by atoms with van der Waals surface area (Å²) in [6, 6.07) is 14.5. The Morgan fingerprint density at radius 3 is 2.27 bits per heavy atom. The molecule has 0 fully saturated rings. The molecule has 162 valence electrons. The van der Waals surface area contributed by atoms with Gasteiger partial charge in [0.15, 0.2) is 0 Å². The standard InChI is InChI=1S/C24H30Cl2N2O2/c1-3-5-16-27-24(30)22(4-2)28(17-19-20(25)12-9-13-21(19)26)23(29)15-14-18-10-7-6-8-11-18/h6-13,22H,3-5,14-17H2,1-2H3,(H,27,30)/t22-/m0/s1. The lowest BCUT2D eigenvalue weighted by atomic mass is 10.1. The molecule has 2 amide bonds. The van der Waals surface area contributed by atoms with Crippen molar-refractivity contribution in [3.05, 3.63) is 69.7 Å². The SMILES string of the molecule is CCCCNC(=O)[C@H](CC)N(Cc1c(Cl)cccc1Cl)C(=O)CCc1ccccc1. The van der Waals surface area contributed by atoms with E-state index in [0.717, 1.165) is 18.4 Å². The van der Waals surface area contributed by atoms with E-state index < -0.39 is 6.04 Å². The van der Waals surface area contributed by atoms with Crippen molar-refractivity contribution in [2.24, 2.45) is 0 Å². The third-order valence-electron chi connectivity index (χ3n) is 5.08. The van der Waals surface area contributed by atoms with Gasteiger partial charge in [0.1, 0.15) is 6.04 Å². The average Bonchev–Trinajstić information content (AvgIpc) is 2.75. The van der Waals surface area contributed by atoms with Crippen molar-refractivity contribution in [3.63, 3.8) is 0 Å². The van der Waals surface area contributed by atoms with Crippen LogP contribution in [0.3, 0.4) is 0 Å². The number of nitrogens with zero attached hydrogens (tertiary/aromatic N) is 1. The summed E-state index contributed by atoms with van der Waals surface area (Å²) in [5, 5.41) is 3.94.